The van der Waals surface area contributed by atoms with Crippen LogP contribution in [0, 0.1) is 6.92 Å². The number of nitrogens with zero attached hydrogens (tertiary/aromatic N) is 2. The van der Waals surface area contributed by atoms with Crippen LogP contribution >= 0.6 is 0 Å². The van der Waals surface area contributed by atoms with Gasteiger partial charge in [-0.25, -0.2) is 0 Å². The number of rotatable bonds is 2. The van der Waals surface area contributed by atoms with Gasteiger partial charge in [0.1, 0.15) is 6.67 Å². The number of anilines is 4. The van der Waals surface area contributed by atoms with Crippen molar-refractivity contribution < 1.29 is 0 Å². The maximum atomic E-state index is 2.44. The van der Waals surface area contributed by atoms with Crippen molar-refractivity contribution in [3.05, 3.63) is 83.9 Å². The van der Waals surface area contributed by atoms with Gasteiger partial charge in [0.2, 0.25) is 0 Å². The predicted octanol–water partition coefficient (Wildman–Crippen LogP) is 6.54. The van der Waals surface area contributed by atoms with Gasteiger partial charge in [0.05, 0.1) is 11.4 Å². The normalized spacial score (nSPS) is 13.8. The zero-order valence-electron chi connectivity index (χ0n) is 16.0. The van der Waals surface area contributed by atoms with Crippen molar-refractivity contribution in [2.75, 3.05) is 16.5 Å². The molecule has 0 aromatic heterocycles. The van der Waals surface area contributed by atoms with Crippen LogP contribution in [0.25, 0.3) is 0 Å². The first kappa shape index (κ1) is 16.7. The number of hydrogen-bond donors (Lipinski definition) is 0. The molecule has 1 aliphatic rings. The Morgan fingerprint density at radius 2 is 1.38 bits per heavy atom. The number of aryl methyl sites for hydroxylation is 1. The summed E-state index contributed by atoms with van der Waals surface area (Å²) in [6.07, 6.45) is 0. The summed E-state index contributed by atoms with van der Waals surface area (Å²) in [6, 6.07) is 26.2. The molecule has 0 aliphatic carbocycles. The van der Waals surface area contributed by atoms with Crippen LogP contribution in [0.4, 0.5) is 22.7 Å². The number of para-hydroxylation sites is 2. The van der Waals surface area contributed by atoms with Gasteiger partial charge in [0.25, 0.3) is 0 Å². The van der Waals surface area contributed by atoms with E-state index < -0.39 is 0 Å². The van der Waals surface area contributed by atoms with E-state index in [0.29, 0.717) is 0 Å². The Hall–Kier alpha value is -2.74. The highest BCUT2D eigenvalue weighted by Gasteiger charge is 2.30. The molecule has 1 heterocycles. The Bertz CT molecular complexity index is 922. The third kappa shape index (κ3) is 2.86. The molecule has 0 fully saturated rings. The molecule has 0 radical (unpaired) electrons. The molecular weight excluding hydrogens is 316 g/mol. The van der Waals surface area contributed by atoms with Gasteiger partial charge in [-0.2, -0.15) is 0 Å². The minimum atomic E-state index is 0.132. The largest absolute Gasteiger partial charge is 0.321 e. The summed E-state index contributed by atoms with van der Waals surface area (Å²) in [5.41, 5.74) is 7.86. The zero-order chi connectivity index (χ0) is 18.3. The van der Waals surface area contributed by atoms with E-state index in [0.717, 1.165) is 6.67 Å². The van der Waals surface area contributed by atoms with E-state index in [1.807, 2.05) is 0 Å². The second kappa shape index (κ2) is 6.21. The van der Waals surface area contributed by atoms with Crippen molar-refractivity contribution in [3.63, 3.8) is 0 Å². The van der Waals surface area contributed by atoms with E-state index in [-0.39, 0.29) is 5.41 Å². The van der Waals surface area contributed by atoms with E-state index in [4.69, 9.17) is 0 Å². The van der Waals surface area contributed by atoms with Crippen LogP contribution in [0.15, 0.2) is 72.8 Å². The van der Waals surface area contributed by atoms with E-state index in [9.17, 15) is 0 Å². The van der Waals surface area contributed by atoms with Crippen molar-refractivity contribution in [3.8, 4) is 0 Å². The molecule has 2 heteroatoms. The molecule has 2 nitrogen and oxygen atoms in total. The number of fused-ring (bicyclic) bond motifs is 1. The minimum Gasteiger partial charge on any atom is -0.321 e. The zero-order valence-corrected chi connectivity index (χ0v) is 16.0. The van der Waals surface area contributed by atoms with Crippen LogP contribution in [0.5, 0.6) is 0 Å². The maximum absolute atomic E-state index is 2.44. The predicted molar refractivity (Wildman–Crippen MR) is 112 cm³/mol. The fourth-order valence-corrected chi connectivity index (χ4v) is 3.63. The fourth-order valence-electron chi connectivity index (χ4n) is 3.63. The molecule has 4 rings (SSSR count). The fraction of sp³-hybridized carbons (Fsp3) is 0.250. The molecule has 0 amide bonds. The molecule has 0 spiro atoms. The molecule has 1 aliphatic heterocycles. The molecule has 0 saturated heterocycles. The van der Waals surface area contributed by atoms with Gasteiger partial charge in [0.15, 0.2) is 0 Å². The first-order valence-corrected chi connectivity index (χ1v) is 9.25. The highest BCUT2D eigenvalue weighted by molar-refractivity contribution is 5.88. The lowest BCUT2D eigenvalue weighted by atomic mass is 9.86. The second-order valence-corrected chi connectivity index (χ2v) is 8.07. The summed E-state index contributed by atoms with van der Waals surface area (Å²) in [6.45, 7) is 9.84. The number of hydrogen-bond acceptors (Lipinski definition) is 2. The first-order chi connectivity index (χ1) is 12.4. The molecule has 0 saturated carbocycles. The highest BCUT2D eigenvalue weighted by atomic mass is 15.4. The average molecular weight is 342 g/mol. The molecular formula is C24H26N2. The Labute approximate surface area is 156 Å². The van der Waals surface area contributed by atoms with Crippen LogP contribution in [-0.4, -0.2) is 6.67 Å². The molecule has 0 bridgehead atoms. The lowest BCUT2D eigenvalue weighted by Crippen LogP contribution is -2.24. The second-order valence-electron chi connectivity index (χ2n) is 8.07. The highest BCUT2D eigenvalue weighted by Crippen LogP contribution is 2.46. The molecule has 26 heavy (non-hydrogen) atoms. The number of benzene rings is 3. The molecule has 0 atom stereocenters. The van der Waals surface area contributed by atoms with Crippen LogP contribution in [0.3, 0.4) is 0 Å². The van der Waals surface area contributed by atoms with Crippen molar-refractivity contribution in [1.29, 1.82) is 0 Å². The Balaban J connectivity index is 1.87. The van der Waals surface area contributed by atoms with Crippen molar-refractivity contribution in [2.24, 2.45) is 0 Å². The van der Waals surface area contributed by atoms with E-state index >= 15 is 0 Å². The van der Waals surface area contributed by atoms with E-state index in [1.165, 1.54) is 33.9 Å². The van der Waals surface area contributed by atoms with E-state index in [1.54, 1.807) is 0 Å². The Morgan fingerprint density at radius 3 is 2.08 bits per heavy atom. The SMILES string of the molecule is Cc1ccccc1N1CN(c2ccccc2)c2ccc(C(C)(C)C)cc21. The lowest BCUT2D eigenvalue weighted by molar-refractivity contribution is 0.590. The van der Waals surface area contributed by atoms with Crippen LogP contribution in [-0.2, 0) is 5.41 Å². The van der Waals surface area contributed by atoms with Gasteiger partial charge < -0.3 is 9.80 Å². The van der Waals surface area contributed by atoms with Gasteiger partial charge in [0, 0.05) is 11.4 Å². The van der Waals surface area contributed by atoms with Crippen LogP contribution in [0.2, 0.25) is 0 Å². The van der Waals surface area contributed by atoms with Gasteiger partial charge in [-0.1, -0.05) is 63.2 Å². The first-order valence-electron chi connectivity index (χ1n) is 9.25. The third-order valence-corrected chi connectivity index (χ3v) is 5.18. The van der Waals surface area contributed by atoms with Crippen LogP contribution in [0.1, 0.15) is 31.9 Å². The molecule has 0 unspecified atom stereocenters. The molecule has 3 aromatic carbocycles. The summed E-state index contributed by atoms with van der Waals surface area (Å²) in [5.74, 6) is 0. The smallest absolute Gasteiger partial charge is 0.100 e. The van der Waals surface area contributed by atoms with Gasteiger partial charge in [-0.3, -0.25) is 0 Å². The summed E-state index contributed by atoms with van der Waals surface area (Å²) >= 11 is 0. The monoisotopic (exact) mass is 342 g/mol. The summed E-state index contributed by atoms with van der Waals surface area (Å²) < 4.78 is 0. The Morgan fingerprint density at radius 1 is 0.692 bits per heavy atom. The van der Waals surface area contributed by atoms with Gasteiger partial charge in [-0.05, 0) is 53.8 Å². The molecule has 132 valence electrons. The lowest BCUT2D eigenvalue weighted by Gasteiger charge is -2.24. The van der Waals surface area contributed by atoms with Gasteiger partial charge in [-0.15, -0.1) is 0 Å². The topological polar surface area (TPSA) is 6.48 Å². The third-order valence-electron chi connectivity index (χ3n) is 5.18. The van der Waals surface area contributed by atoms with Crippen molar-refractivity contribution in [2.45, 2.75) is 33.1 Å². The minimum absolute atomic E-state index is 0.132. The summed E-state index contributed by atoms with van der Waals surface area (Å²) in [7, 11) is 0. The van der Waals surface area contributed by atoms with Crippen molar-refractivity contribution in [1.82, 2.24) is 0 Å². The van der Waals surface area contributed by atoms with Gasteiger partial charge >= 0.3 is 0 Å². The summed E-state index contributed by atoms with van der Waals surface area (Å²) in [5, 5.41) is 0. The standard InChI is InChI=1S/C24H26N2/c1-18-10-8-9-13-21(18)26-17-25(20-11-6-5-7-12-20)22-15-14-19(16-23(22)26)24(2,3)4/h5-16H,17H2,1-4H3. The maximum Gasteiger partial charge on any atom is 0.100 e. The van der Waals surface area contributed by atoms with Crippen LogP contribution < -0.4 is 9.80 Å². The van der Waals surface area contributed by atoms with Crippen molar-refractivity contribution >= 4 is 22.7 Å². The quantitative estimate of drug-likeness (QED) is 0.522. The van der Waals surface area contributed by atoms with E-state index in [2.05, 4.69) is 110 Å². The molecule has 0 N–H and O–H groups in total. The Kier molecular flexibility index (Phi) is 3.99. The average Bonchev–Trinajstić information content (AvgIpc) is 3.01. The summed E-state index contributed by atoms with van der Waals surface area (Å²) in [4.78, 5) is 4.83. The molecule has 3 aromatic rings.